The number of anilines is 1. The van der Waals surface area contributed by atoms with E-state index in [1.165, 1.54) is 15.6 Å². The van der Waals surface area contributed by atoms with Gasteiger partial charge in [0.05, 0.1) is 46.8 Å². The molecule has 0 unspecified atom stereocenters. The third kappa shape index (κ3) is 8.25. The molecule has 2 aliphatic rings. The van der Waals surface area contributed by atoms with Crippen LogP contribution in [0.1, 0.15) is 39.7 Å². The highest BCUT2D eigenvalue weighted by Crippen LogP contribution is 2.34. The summed E-state index contributed by atoms with van der Waals surface area (Å²) in [6.07, 6.45) is -1.73. The van der Waals surface area contributed by atoms with Crippen LogP contribution in [0.25, 0.3) is 10.2 Å². The van der Waals surface area contributed by atoms with E-state index in [-0.39, 0.29) is 54.9 Å². The number of fused-ring (bicyclic) bond motifs is 2. The zero-order valence-corrected chi connectivity index (χ0v) is 28.7. The quantitative estimate of drug-likeness (QED) is 0.204. The molecular weight excluding hydrogens is 629 g/mol. The van der Waals surface area contributed by atoms with Crippen molar-refractivity contribution in [1.29, 1.82) is 0 Å². The average Bonchev–Trinajstić information content (AvgIpc) is 3.71. The zero-order chi connectivity index (χ0) is 33.0. The van der Waals surface area contributed by atoms with Gasteiger partial charge < -0.3 is 30.0 Å². The molecule has 2 aliphatic heterocycles. The topological polar surface area (TPSA) is 139 Å². The first-order valence-corrected chi connectivity index (χ1v) is 18.2. The maximum absolute atomic E-state index is 14.1. The van der Waals surface area contributed by atoms with E-state index in [1.54, 1.807) is 18.2 Å². The first kappa shape index (κ1) is 34.7. The van der Waals surface area contributed by atoms with Crippen LogP contribution in [-0.2, 0) is 35.4 Å². The number of carbonyl (C=O) groups is 1. The van der Waals surface area contributed by atoms with E-state index in [0.29, 0.717) is 18.5 Å². The van der Waals surface area contributed by atoms with Gasteiger partial charge in [0.2, 0.25) is 10.0 Å². The largest absolute Gasteiger partial charge is 0.459 e. The van der Waals surface area contributed by atoms with E-state index < -0.39 is 40.4 Å². The summed E-state index contributed by atoms with van der Waals surface area (Å²) in [6, 6.07) is 14.7. The Balaban J connectivity index is 1.35. The van der Waals surface area contributed by atoms with Gasteiger partial charge in [-0.2, -0.15) is 4.31 Å². The number of ether oxygens (including phenoxy) is 3. The molecule has 3 N–H and O–H groups in total. The molecule has 2 saturated heterocycles. The predicted octanol–water partition coefficient (Wildman–Crippen LogP) is 3.88. The lowest BCUT2D eigenvalue weighted by atomic mass is 9.90. The number of nitrogens with zero attached hydrogens (tertiary/aromatic N) is 2. The van der Waals surface area contributed by atoms with Crippen molar-refractivity contribution in [3.8, 4) is 0 Å². The number of aliphatic hydroxyl groups excluding tert-OH is 1. The molecule has 11 nitrogen and oxygen atoms in total. The van der Waals surface area contributed by atoms with E-state index in [4.69, 9.17) is 14.2 Å². The molecule has 0 bridgehead atoms. The molecule has 0 aliphatic carbocycles. The average molecular weight is 675 g/mol. The molecule has 6 atom stereocenters. The van der Waals surface area contributed by atoms with E-state index in [2.05, 4.69) is 15.6 Å². The molecule has 3 aromatic rings. The van der Waals surface area contributed by atoms with Gasteiger partial charge in [0.25, 0.3) is 0 Å². The number of carbonyl (C=O) groups excluding carboxylic acids is 1. The SMILES string of the molecule is CN[C@H]1CO[C@@H]2OC[C@H](OC(=O)C[C@@H](Cc3ccccc3)[C@H](O)CN(CC(C)C)S(=O)(=O)c3ccc4nc(NC(C)C)sc4c3)[C@@H]21. The van der Waals surface area contributed by atoms with Crippen LogP contribution in [0.3, 0.4) is 0 Å². The second-order valence-corrected chi connectivity index (χ2v) is 15.9. The fraction of sp³-hybridized carbons (Fsp3) is 0.576. The highest BCUT2D eigenvalue weighted by molar-refractivity contribution is 7.89. The number of benzene rings is 2. The summed E-state index contributed by atoms with van der Waals surface area (Å²) in [7, 11) is -2.15. The third-order valence-corrected chi connectivity index (χ3v) is 11.2. The molecule has 0 radical (unpaired) electrons. The maximum Gasteiger partial charge on any atom is 0.306 e. The molecule has 13 heteroatoms. The lowest BCUT2D eigenvalue weighted by Crippen LogP contribution is -2.44. The molecule has 0 amide bonds. The number of esters is 1. The molecule has 46 heavy (non-hydrogen) atoms. The molecule has 0 spiro atoms. The monoisotopic (exact) mass is 674 g/mol. The Morgan fingerprint density at radius 3 is 2.54 bits per heavy atom. The summed E-state index contributed by atoms with van der Waals surface area (Å²) in [5, 5.41) is 18.9. The highest BCUT2D eigenvalue weighted by atomic mass is 32.2. The van der Waals surface area contributed by atoms with Crippen LogP contribution in [-0.4, -0.2) is 92.7 Å². The minimum Gasteiger partial charge on any atom is -0.459 e. The van der Waals surface area contributed by atoms with Gasteiger partial charge in [0.1, 0.15) is 6.10 Å². The van der Waals surface area contributed by atoms with Crippen molar-refractivity contribution in [2.45, 2.75) is 76.0 Å². The second-order valence-electron chi connectivity index (χ2n) is 12.9. The number of sulfonamides is 1. The maximum atomic E-state index is 14.1. The van der Waals surface area contributed by atoms with Gasteiger partial charge in [-0.05, 0) is 57.0 Å². The lowest BCUT2D eigenvalue weighted by Gasteiger charge is -2.30. The molecule has 2 fully saturated rings. The van der Waals surface area contributed by atoms with Gasteiger partial charge >= 0.3 is 5.97 Å². The molecule has 0 saturated carbocycles. The van der Waals surface area contributed by atoms with Crippen LogP contribution in [0, 0.1) is 17.8 Å². The van der Waals surface area contributed by atoms with Crippen LogP contribution < -0.4 is 10.6 Å². The fourth-order valence-corrected chi connectivity index (χ4v) is 8.92. The number of hydrogen-bond donors (Lipinski definition) is 3. The Morgan fingerprint density at radius 2 is 1.85 bits per heavy atom. The Labute approximate surface area is 275 Å². The summed E-state index contributed by atoms with van der Waals surface area (Å²) in [5.74, 6) is -1.18. The molecule has 1 aromatic heterocycles. The van der Waals surface area contributed by atoms with Crippen LogP contribution in [0.4, 0.5) is 5.13 Å². The van der Waals surface area contributed by atoms with Crippen molar-refractivity contribution in [2.75, 3.05) is 38.7 Å². The van der Waals surface area contributed by atoms with Gasteiger partial charge in [-0.15, -0.1) is 0 Å². The van der Waals surface area contributed by atoms with Gasteiger partial charge in [0, 0.05) is 31.1 Å². The highest BCUT2D eigenvalue weighted by Gasteiger charge is 2.49. The first-order chi connectivity index (χ1) is 21.9. The van der Waals surface area contributed by atoms with Crippen LogP contribution in [0.5, 0.6) is 0 Å². The van der Waals surface area contributed by atoms with Crippen LogP contribution >= 0.6 is 11.3 Å². The Bertz CT molecular complexity index is 1570. The number of hydrogen-bond acceptors (Lipinski definition) is 11. The van der Waals surface area contributed by atoms with E-state index in [1.807, 2.05) is 65.1 Å². The molecular formula is C33H46N4O7S2. The predicted molar refractivity (Wildman–Crippen MR) is 178 cm³/mol. The molecule has 3 heterocycles. The molecule has 5 rings (SSSR count). The smallest absolute Gasteiger partial charge is 0.306 e. The number of likely N-dealkylation sites (N-methyl/N-ethyl adjacent to an activating group) is 1. The van der Waals surface area contributed by atoms with Gasteiger partial charge in [-0.1, -0.05) is 55.5 Å². The lowest BCUT2D eigenvalue weighted by molar-refractivity contribution is -0.153. The first-order valence-electron chi connectivity index (χ1n) is 15.9. The number of nitrogens with one attached hydrogen (secondary N) is 2. The van der Waals surface area contributed by atoms with Crippen LogP contribution in [0.15, 0.2) is 53.4 Å². The van der Waals surface area contributed by atoms with Crippen LogP contribution in [0.2, 0.25) is 0 Å². The van der Waals surface area contributed by atoms with E-state index in [9.17, 15) is 18.3 Å². The molecule has 2 aromatic carbocycles. The summed E-state index contributed by atoms with van der Waals surface area (Å²) >= 11 is 1.40. The normalized spacial score (nSPS) is 22.9. The second kappa shape index (κ2) is 15.1. The fourth-order valence-electron chi connectivity index (χ4n) is 6.14. The van der Waals surface area contributed by atoms with Crippen molar-refractivity contribution in [2.24, 2.45) is 17.8 Å². The van der Waals surface area contributed by atoms with Gasteiger partial charge in [-0.25, -0.2) is 13.4 Å². The van der Waals surface area contributed by atoms with E-state index in [0.717, 1.165) is 15.4 Å². The summed E-state index contributed by atoms with van der Waals surface area (Å²) in [6.45, 7) is 8.66. The van der Waals surface area contributed by atoms with Crippen molar-refractivity contribution >= 4 is 42.7 Å². The number of aliphatic hydroxyl groups is 1. The summed E-state index contributed by atoms with van der Waals surface area (Å²) < 4.78 is 47.6. The Morgan fingerprint density at radius 1 is 1.11 bits per heavy atom. The van der Waals surface area contributed by atoms with Crippen molar-refractivity contribution in [3.63, 3.8) is 0 Å². The Hall–Kier alpha value is -2.65. The van der Waals surface area contributed by atoms with Crippen molar-refractivity contribution < 1.29 is 32.5 Å². The zero-order valence-electron chi connectivity index (χ0n) is 27.1. The molecule has 252 valence electrons. The number of rotatable bonds is 15. The number of thiazole rings is 1. The standard InChI is InChI=1S/C33H46N4O7S2/c1-20(2)16-37(46(40,41)24-11-12-25-29(15-24)45-33(36-25)35-21(3)4)17-27(38)23(13-22-9-7-6-8-10-22)14-30(39)44-28-19-43-32-31(28)26(34-5)18-42-32/h6-12,15,20-21,23,26-28,31-32,34,38H,13-14,16-19H2,1-5H3,(H,35,36)/t23-,26+,27-,28+,31+,32-/m1/s1. The van der Waals surface area contributed by atoms with Gasteiger partial charge in [0.15, 0.2) is 11.4 Å². The van der Waals surface area contributed by atoms with Crippen molar-refractivity contribution in [3.05, 3.63) is 54.1 Å². The van der Waals surface area contributed by atoms with Crippen molar-refractivity contribution in [1.82, 2.24) is 14.6 Å². The number of aromatic nitrogens is 1. The third-order valence-electron chi connectivity index (χ3n) is 8.41. The Kier molecular flexibility index (Phi) is 11.4. The minimum atomic E-state index is -3.99. The minimum absolute atomic E-state index is 0.00226. The summed E-state index contributed by atoms with van der Waals surface area (Å²) in [4.78, 5) is 18.1. The van der Waals surface area contributed by atoms with E-state index >= 15 is 0 Å². The summed E-state index contributed by atoms with van der Waals surface area (Å²) in [5.41, 5.74) is 1.65. The van der Waals surface area contributed by atoms with Gasteiger partial charge in [-0.3, -0.25) is 4.79 Å².